The Bertz CT molecular complexity index is 327. The molecule has 1 aromatic rings. The van der Waals surface area contributed by atoms with E-state index in [9.17, 15) is 5.11 Å². The van der Waals surface area contributed by atoms with Crippen molar-refractivity contribution in [3.05, 3.63) is 23.8 Å². The van der Waals surface area contributed by atoms with Crippen LogP contribution in [0.4, 0.5) is 0 Å². The summed E-state index contributed by atoms with van der Waals surface area (Å²) in [6, 6.07) is 4.89. The van der Waals surface area contributed by atoms with E-state index in [-0.39, 0.29) is 5.75 Å². The van der Waals surface area contributed by atoms with Gasteiger partial charge in [0.2, 0.25) is 0 Å². The van der Waals surface area contributed by atoms with Crippen molar-refractivity contribution in [1.29, 1.82) is 5.41 Å². The van der Waals surface area contributed by atoms with Crippen molar-refractivity contribution in [3.8, 4) is 11.5 Å². The SMILES string of the molecule is COc1ccc(C=C=N)cc1O. The van der Waals surface area contributed by atoms with E-state index in [0.717, 1.165) is 5.56 Å². The molecule has 0 unspecified atom stereocenters. The van der Waals surface area contributed by atoms with Crippen molar-refractivity contribution in [2.45, 2.75) is 0 Å². The lowest BCUT2D eigenvalue weighted by atomic mass is 10.2. The van der Waals surface area contributed by atoms with Crippen molar-refractivity contribution in [1.82, 2.24) is 0 Å². The fourth-order valence-corrected chi connectivity index (χ4v) is 0.880. The molecule has 0 heterocycles. The molecule has 0 amide bonds. The zero-order chi connectivity index (χ0) is 8.97. The van der Waals surface area contributed by atoms with Crippen LogP contribution >= 0.6 is 0 Å². The van der Waals surface area contributed by atoms with Crippen molar-refractivity contribution in [2.24, 2.45) is 0 Å². The van der Waals surface area contributed by atoms with Crippen molar-refractivity contribution < 1.29 is 9.84 Å². The largest absolute Gasteiger partial charge is 0.504 e. The number of phenolic OH excluding ortho intramolecular Hbond substituents is 1. The molecule has 0 radical (unpaired) electrons. The molecule has 3 nitrogen and oxygen atoms in total. The Balaban J connectivity index is 3.09. The number of nitrogens with one attached hydrogen (secondary N) is 1. The van der Waals surface area contributed by atoms with Gasteiger partial charge in [-0.15, -0.1) is 0 Å². The molecule has 0 aromatic heterocycles. The third-order valence-corrected chi connectivity index (χ3v) is 1.44. The quantitative estimate of drug-likeness (QED) is 0.651. The fourth-order valence-electron chi connectivity index (χ4n) is 0.880. The maximum Gasteiger partial charge on any atom is 0.160 e. The molecular formula is C9H9NO2. The molecule has 0 spiro atoms. The van der Waals surface area contributed by atoms with Crippen LogP contribution in [0, 0.1) is 5.41 Å². The third-order valence-electron chi connectivity index (χ3n) is 1.44. The zero-order valence-electron chi connectivity index (χ0n) is 6.66. The van der Waals surface area contributed by atoms with E-state index in [1.54, 1.807) is 12.1 Å². The summed E-state index contributed by atoms with van der Waals surface area (Å²) in [7, 11) is 1.49. The Morgan fingerprint density at radius 2 is 2.33 bits per heavy atom. The normalized spacial score (nSPS) is 8.75. The topological polar surface area (TPSA) is 53.3 Å². The molecule has 0 aliphatic carbocycles. The van der Waals surface area contributed by atoms with Gasteiger partial charge in [-0.1, -0.05) is 6.07 Å². The van der Waals surface area contributed by atoms with Crippen LogP contribution in [0.3, 0.4) is 0 Å². The second-order valence-electron chi connectivity index (χ2n) is 2.22. The van der Waals surface area contributed by atoms with Crippen molar-refractivity contribution >= 4 is 11.9 Å². The number of benzene rings is 1. The molecular weight excluding hydrogens is 154 g/mol. The van der Waals surface area contributed by atoms with Gasteiger partial charge in [-0.25, -0.2) is 0 Å². The molecule has 0 fully saturated rings. The summed E-state index contributed by atoms with van der Waals surface area (Å²) in [5.41, 5.74) is 0.725. The molecule has 0 aliphatic rings. The standard InChI is InChI=1S/C9H9NO2/c1-12-9-3-2-7(4-5-10)6-8(9)11/h2-4,6,10-11H,1H3. The van der Waals surface area contributed by atoms with Crippen LogP contribution in [-0.2, 0) is 0 Å². The first-order valence-corrected chi connectivity index (χ1v) is 3.40. The lowest BCUT2D eigenvalue weighted by Gasteiger charge is -2.02. The summed E-state index contributed by atoms with van der Waals surface area (Å²) < 4.78 is 4.85. The van der Waals surface area contributed by atoms with E-state index in [0.29, 0.717) is 5.75 Å². The van der Waals surface area contributed by atoms with Crippen LogP contribution < -0.4 is 4.74 Å². The summed E-state index contributed by atoms with van der Waals surface area (Å²) in [5.74, 6) is 2.62. The number of aromatic hydroxyl groups is 1. The van der Waals surface area contributed by atoms with Crippen LogP contribution in [0.2, 0.25) is 0 Å². The van der Waals surface area contributed by atoms with Gasteiger partial charge in [-0.05, 0) is 23.6 Å². The molecule has 12 heavy (non-hydrogen) atoms. The van der Waals surface area contributed by atoms with E-state index in [4.69, 9.17) is 10.1 Å². The van der Waals surface area contributed by atoms with Gasteiger partial charge in [0, 0.05) is 6.08 Å². The van der Waals surface area contributed by atoms with Gasteiger partial charge in [-0.3, -0.25) is 5.41 Å². The maximum atomic E-state index is 9.28. The van der Waals surface area contributed by atoms with Crippen LogP contribution in [0.5, 0.6) is 11.5 Å². The molecule has 0 saturated carbocycles. The summed E-state index contributed by atoms with van der Waals surface area (Å²) in [5, 5.41) is 16.0. The van der Waals surface area contributed by atoms with Crippen LogP contribution in [0.25, 0.3) is 6.08 Å². The minimum Gasteiger partial charge on any atom is -0.504 e. The molecule has 2 N–H and O–H groups in total. The number of phenols is 1. The number of rotatable bonds is 2. The predicted octanol–water partition coefficient (Wildman–Crippen LogP) is 1.66. The fraction of sp³-hybridized carbons (Fsp3) is 0.111. The average molecular weight is 163 g/mol. The van der Waals surface area contributed by atoms with Crippen LogP contribution in [0.15, 0.2) is 18.2 Å². The van der Waals surface area contributed by atoms with Crippen molar-refractivity contribution in [2.75, 3.05) is 7.11 Å². The Labute approximate surface area is 70.4 Å². The van der Waals surface area contributed by atoms with Crippen molar-refractivity contribution in [3.63, 3.8) is 0 Å². The lowest BCUT2D eigenvalue weighted by molar-refractivity contribution is 0.373. The monoisotopic (exact) mass is 163 g/mol. The Kier molecular flexibility index (Phi) is 2.51. The second-order valence-corrected chi connectivity index (χ2v) is 2.22. The first kappa shape index (κ1) is 8.37. The minimum atomic E-state index is 0.0708. The second kappa shape index (κ2) is 3.60. The molecule has 0 atom stereocenters. The lowest BCUT2D eigenvalue weighted by Crippen LogP contribution is -1.83. The van der Waals surface area contributed by atoms with Crippen LogP contribution in [-0.4, -0.2) is 18.1 Å². The highest BCUT2D eigenvalue weighted by atomic mass is 16.5. The van der Waals surface area contributed by atoms with Gasteiger partial charge in [0.15, 0.2) is 11.5 Å². The first-order valence-electron chi connectivity index (χ1n) is 3.40. The molecule has 0 saturated heterocycles. The van der Waals surface area contributed by atoms with E-state index < -0.39 is 0 Å². The zero-order valence-corrected chi connectivity index (χ0v) is 6.66. The number of ether oxygens (including phenoxy) is 1. The molecule has 62 valence electrons. The minimum absolute atomic E-state index is 0.0708. The summed E-state index contributed by atoms with van der Waals surface area (Å²) in [6.45, 7) is 0. The predicted molar refractivity (Wildman–Crippen MR) is 46.8 cm³/mol. The Morgan fingerprint density at radius 1 is 1.58 bits per heavy atom. The smallest absolute Gasteiger partial charge is 0.160 e. The van der Waals surface area contributed by atoms with E-state index in [1.165, 1.54) is 19.3 Å². The highest BCUT2D eigenvalue weighted by Crippen LogP contribution is 2.26. The molecule has 0 bridgehead atoms. The summed E-state index contributed by atoms with van der Waals surface area (Å²) >= 11 is 0. The van der Waals surface area contributed by atoms with Gasteiger partial charge in [-0.2, -0.15) is 0 Å². The van der Waals surface area contributed by atoms with Gasteiger partial charge in [0.05, 0.1) is 7.11 Å². The Morgan fingerprint density at radius 3 is 2.83 bits per heavy atom. The van der Waals surface area contributed by atoms with Gasteiger partial charge in [0.25, 0.3) is 0 Å². The highest BCUT2D eigenvalue weighted by Gasteiger charge is 1.99. The average Bonchev–Trinajstić information content (AvgIpc) is 2.05. The van der Waals surface area contributed by atoms with Gasteiger partial charge in [0.1, 0.15) is 0 Å². The van der Waals surface area contributed by atoms with E-state index in [2.05, 4.69) is 5.87 Å². The summed E-state index contributed by atoms with van der Waals surface area (Å²) in [4.78, 5) is 0. The molecule has 0 aliphatic heterocycles. The number of hydrogen-bond acceptors (Lipinski definition) is 3. The first-order chi connectivity index (χ1) is 5.77. The molecule has 1 aromatic carbocycles. The third kappa shape index (κ3) is 1.65. The molecule has 3 heteroatoms. The van der Waals surface area contributed by atoms with Crippen LogP contribution in [0.1, 0.15) is 5.56 Å². The van der Waals surface area contributed by atoms with E-state index >= 15 is 0 Å². The maximum absolute atomic E-state index is 9.28. The molecule has 1 rings (SSSR count). The number of hydrogen-bond donors (Lipinski definition) is 2. The van der Waals surface area contributed by atoms with E-state index in [1.807, 2.05) is 0 Å². The number of methoxy groups -OCH3 is 1. The Hall–Kier alpha value is -1.73. The van der Waals surface area contributed by atoms with Gasteiger partial charge < -0.3 is 9.84 Å². The highest BCUT2D eigenvalue weighted by molar-refractivity contribution is 5.76. The van der Waals surface area contributed by atoms with Gasteiger partial charge >= 0.3 is 0 Å². The summed E-state index contributed by atoms with van der Waals surface area (Å²) in [6.07, 6.45) is 1.46.